The second-order valence-electron chi connectivity index (χ2n) is 3.56. The summed E-state index contributed by atoms with van der Waals surface area (Å²) in [6, 6.07) is 3.81. The first-order chi connectivity index (χ1) is 7.54. The van der Waals surface area contributed by atoms with Crippen molar-refractivity contribution in [2.24, 2.45) is 0 Å². The Balaban J connectivity index is 2.76. The van der Waals surface area contributed by atoms with E-state index in [2.05, 4.69) is 5.32 Å². The van der Waals surface area contributed by atoms with Gasteiger partial charge in [0.25, 0.3) is 5.91 Å². The molecule has 0 aliphatic rings. The Labute approximate surface area is 98.6 Å². The van der Waals surface area contributed by atoms with Gasteiger partial charge in [0, 0.05) is 17.5 Å². The van der Waals surface area contributed by atoms with Gasteiger partial charge in [-0.3, -0.25) is 4.79 Å². The molecule has 3 N–H and O–H groups in total. The predicted octanol–water partition coefficient (Wildman–Crippen LogP) is 1.89. The van der Waals surface area contributed by atoms with E-state index in [1.54, 1.807) is 11.8 Å². The Bertz CT molecular complexity index is 384. The fraction of sp³-hybridized carbons (Fsp3) is 0.364. The molecule has 0 bridgehead atoms. The lowest BCUT2D eigenvalue weighted by atomic mass is 10.1. The van der Waals surface area contributed by atoms with Gasteiger partial charge in [0.15, 0.2) is 0 Å². The molecule has 0 aliphatic heterocycles. The van der Waals surface area contributed by atoms with Crippen molar-refractivity contribution in [3.63, 3.8) is 0 Å². The van der Waals surface area contributed by atoms with Gasteiger partial charge in [0.1, 0.15) is 5.82 Å². The summed E-state index contributed by atoms with van der Waals surface area (Å²) in [4.78, 5) is 11.7. The molecule has 1 atom stereocenters. The summed E-state index contributed by atoms with van der Waals surface area (Å²) in [5.74, 6) is 0.0106. The molecule has 1 aromatic carbocycles. The number of carbonyl (C=O) groups is 1. The molecule has 0 spiro atoms. The third kappa shape index (κ3) is 3.41. The number of rotatable bonds is 4. The number of carbonyl (C=O) groups excluding carboxylic acids is 1. The maximum Gasteiger partial charge on any atom is 0.253 e. The fourth-order valence-electron chi connectivity index (χ4n) is 1.32. The van der Waals surface area contributed by atoms with Gasteiger partial charge in [0.05, 0.1) is 5.56 Å². The number of nitrogens with one attached hydrogen (secondary N) is 1. The first kappa shape index (κ1) is 12.8. The van der Waals surface area contributed by atoms with Crippen LogP contribution in [0.1, 0.15) is 17.3 Å². The number of thioether (sulfide) groups is 1. The summed E-state index contributed by atoms with van der Waals surface area (Å²) in [6.45, 7) is 1.89. The summed E-state index contributed by atoms with van der Waals surface area (Å²) in [5, 5.41) is 2.76. The van der Waals surface area contributed by atoms with Crippen LogP contribution < -0.4 is 11.1 Å². The molecule has 5 heteroatoms. The summed E-state index contributed by atoms with van der Waals surface area (Å²) in [7, 11) is 0. The molecule has 0 heterocycles. The number of hydrogen-bond acceptors (Lipinski definition) is 3. The van der Waals surface area contributed by atoms with Crippen molar-refractivity contribution >= 4 is 23.4 Å². The lowest BCUT2D eigenvalue weighted by Crippen LogP contribution is -2.34. The van der Waals surface area contributed by atoms with Crippen molar-refractivity contribution < 1.29 is 9.18 Å². The van der Waals surface area contributed by atoms with Crippen LogP contribution in [0.15, 0.2) is 18.2 Å². The molecule has 3 nitrogen and oxygen atoms in total. The molecule has 0 aromatic heterocycles. The number of halogens is 1. The standard InChI is InChI=1S/C11H15FN2OS/c1-7(6-16-2)14-11(15)9-5-8(12)3-4-10(9)13/h3-5,7H,6,13H2,1-2H3,(H,14,15). The minimum Gasteiger partial charge on any atom is -0.398 e. The SMILES string of the molecule is CSCC(C)NC(=O)c1cc(F)ccc1N. The van der Waals surface area contributed by atoms with Gasteiger partial charge in [-0.15, -0.1) is 0 Å². The monoisotopic (exact) mass is 242 g/mol. The summed E-state index contributed by atoms with van der Waals surface area (Å²) >= 11 is 1.63. The van der Waals surface area contributed by atoms with Crippen LogP contribution in [0.25, 0.3) is 0 Å². The zero-order valence-corrected chi connectivity index (χ0v) is 10.1. The van der Waals surface area contributed by atoms with Gasteiger partial charge in [-0.05, 0) is 31.4 Å². The normalized spacial score (nSPS) is 12.2. The molecular weight excluding hydrogens is 227 g/mol. The zero-order chi connectivity index (χ0) is 12.1. The molecule has 0 radical (unpaired) electrons. The van der Waals surface area contributed by atoms with Crippen molar-refractivity contribution in [2.75, 3.05) is 17.7 Å². The topological polar surface area (TPSA) is 55.1 Å². The van der Waals surface area contributed by atoms with E-state index in [-0.39, 0.29) is 23.2 Å². The van der Waals surface area contributed by atoms with Crippen molar-refractivity contribution in [2.45, 2.75) is 13.0 Å². The first-order valence-corrected chi connectivity index (χ1v) is 6.28. The molecule has 0 saturated carbocycles. The van der Waals surface area contributed by atoms with Crippen molar-refractivity contribution in [3.05, 3.63) is 29.6 Å². The Hall–Kier alpha value is -1.23. The maximum atomic E-state index is 13.0. The number of nitrogens with two attached hydrogens (primary N) is 1. The minimum absolute atomic E-state index is 0.0326. The molecule has 1 rings (SSSR count). The van der Waals surface area contributed by atoms with Crippen LogP contribution in [0.3, 0.4) is 0 Å². The van der Waals surface area contributed by atoms with Crippen LogP contribution in [-0.4, -0.2) is 24.0 Å². The number of anilines is 1. The first-order valence-electron chi connectivity index (χ1n) is 4.89. The van der Waals surface area contributed by atoms with E-state index in [1.807, 2.05) is 13.2 Å². The molecule has 1 aromatic rings. The highest BCUT2D eigenvalue weighted by molar-refractivity contribution is 7.98. The van der Waals surface area contributed by atoms with E-state index in [9.17, 15) is 9.18 Å². The highest BCUT2D eigenvalue weighted by Gasteiger charge is 2.12. The van der Waals surface area contributed by atoms with Gasteiger partial charge < -0.3 is 11.1 Å². The number of nitrogen functional groups attached to an aromatic ring is 1. The molecule has 16 heavy (non-hydrogen) atoms. The second kappa shape index (κ2) is 5.75. The summed E-state index contributed by atoms with van der Waals surface area (Å²) in [6.07, 6.45) is 1.96. The second-order valence-corrected chi connectivity index (χ2v) is 4.47. The average molecular weight is 242 g/mol. The van der Waals surface area contributed by atoms with Crippen molar-refractivity contribution in [3.8, 4) is 0 Å². The van der Waals surface area contributed by atoms with Crippen LogP contribution >= 0.6 is 11.8 Å². The molecule has 1 unspecified atom stereocenters. The highest BCUT2D eigenvalue weighted by Crippen LogP contribution is 2.13. The van der Waals surface area contributed by atoms with Crippen LogP contribution in [0.4, 0.5) is 10.1 Å². The zero-order valence-electron chi connectivity index (χ0n) is 9.29. The molecule has 88 valence electrons. The van der Waals surface area contributed by atoms with E-state index in [4.69, 9.17) is 5.73 Å². The summed E-state index contributed by atoms with van der Waals surface area (Å²) < 4.78 is 13.0. The van der Waals surface area contributed by atoms with E-state index in [0.29, 0.717) is 0 Å². The fourth-order valence-corrected chi connectivity index (χ4v) is 1.90. The van der Waals surface area contributed by atoms with Gasteiger partial charge in [0.2, 0.25) is 0 Å². The Morgan fingerprint density at radius 1 is 1.62 bits per heavy atom. The van der Waals surface area contributed by atoms with E-state index < -0.39 is 5.82 Å². The third-order valence-corrected chi connectivity index (χ3v) is 2.89. The number of hydrogen-bond donors (Lipinski definition) is 2. The number of benzene rings is 1. The van der Waals surface area contributed by atoms with Gasteiger partial charge in [-0.2, -0.15) is 11.8 Å². The van der Waals surface area contributed by atoms with E-state index in [1.165, 1.54) is 12.1 Å². The molecule has 0 aliphatic carbocycles. The number of amides is 1. The van der Waals surface area contributed by atoms with Crippen molar-refractivity contribution in [1.29, 1.82) is 0 Å². The molecule has 0 saturated heterocycles. The maximum absolute atomic E-state index is 13.0. The van der Waals surface area contributed by atoms with Crippen LogP contribution in [-0.2, 0) is 0 Å². The van der Waals surface area contributed by atoms with Gasteiger partial charge in [-0.1, -0.05) is 0 Å². The van der Waals surface area contributed by atoms with Gasteiger partial charge >= 0.3 is 0 Å². The predicted molar refractivity (Wildman–Crippen MR) is 66.1 cm³/mol. The average Bonchev–Trinajstić information content (AvgIpc) is 2.21. The molecule has 1 amide bonds. The summed E-state index contributed by atoms with van der Waals surface area (Å²) in [5.41, 5.74) is 6.08. The van der Waals surface area contributed by atoms with Crippen LogP contribution in [0.5, 0.6) is 0 Å². The Morgan fingerprint density at radius 3 is 2.94 bits per heavy atom. The highest BCUT2D eigenvalue weighted by atomic mass is 32.2. The van der Waals surface area contributed by atoms with Gasteiger partial charge in [-0.25, -0.2) is 4.39 Å². The quantitative estimate of drug-likeness (QED) is 0.793. The Morgan fingerprint density at radius 2 is 2.31 bits per heavy atom. The minimum atomic E-state index is -0.461. The van der Waals surface area contributed by atoms with Crippen molar-refractivity contribution in [1.82, 2.24) is 5.32 Å². The third-order valence-electron chi connectivity index (χ3n) is 2.05. The van der Waals surface area contributed by atoms with Crippen LogP contribution in [0, 0.1) is 5.82 Å². The molecular formula is C11H15FN2OS. The van der Waals surface area contributed by atoms with E-state index in [0.717, 1.165) is 11.8 Å². The smallest absolute Gasteiger partial charge is 0.253 e. The Kier molecular flexibility index (Phi) is 4.61. The largest absolute Gasteiger partial charge is 0.398 e. The lowest BCUT2D eigenvalue weighted by Gasteiger charge is -2.13. The van der Waals surface area contributed by atoms with Crippen LogP contribution in [0.2, 0.25) is 0 Å². The molecule has 0 fully saturated rings. The van der Waals surface area contributed by atoms with E-state index >= 15 is 0 Å². The lowest BCUT2D eigenvalue weighted by molar-refractivity contribution is 0.0944.